The van der Waals surface area contributed by atoms with Gasteiger partial charge in [0.2, 0.25) is 0 Å². The molecule has 0 saturated heterocycles. The van der Waals surface area contributed by atoms with E-state index in [4.69, 9.17) is 9.47 Å². The van der Waals surface area contributed by atoms with Crippen LogP contribution in [-0.2, 0) is 6.42 Å². The van der Waals surface area contributed by atoms with Crippen LogP contribution in [0.5, 0.6) is 11.5 Å². The van der Waals surface area contributed by atoms with Gasteiger partial charge in [-0.05, 0) is 68.9 Å². The summed E-state index contributed by atoms with van der Waals surface area (Å²) < 4.78 is 11.4. The van der Waals surface area contributed by atoms with Crippen LogP contribution in [0.4, 0.5) is 0 Å². The van der Waals surface area contributed by atoms with Gasteiger partial charge in [0.15, 0.2) is 0 Å². The first-order valence-corrected chi connectivity index (χ1v) is 9.77. The van der Waals surface area contributed by atoms with Crippen LogP contribution in [0, 0.1) is 0 Å². The van der Waals surface area contributed by atoms with E-state index in [-0.39, 0.29) is 5.97 Å². The number of aromatic amines is 1. The summed E-state index contributed by atoms with van der Waals surface area (Å²) in [5.41, 5.74) is 2.62. The summed E-state index contributed by atoms with van der Waals surface area (Å²) in [6.45, 7) is 3.74. The number of nitrogens with zero attached hydrogens (tertiary/aromatic N) is 1. The molecular formula is C23H28N2O3. The monoisotopic (exact) mass is 380 g/mol. The predicted molar refractivity (Wildman–Crippen MR) is 112 cm³/mol. The zero-order valence-corrected chi connectivity index (χ0v) is 16.8. The first-order chi connectivity index (χ1) is 13.6. The highest BCUT2D eigenvalue weighted by atomic mass is 16.5. The molecule has 0 radical (unpaired) electrons. The van der Waals surface area contributed by atoms with E-state index in [0.29, 0.717) is 17.9 Å². The highest BCUT2D eigenvalue weighted by Crippen LogP contribution is 2.30. The minimum absolute atomic E-state index is 0.368. The van der Waals surface area contributed by atoms with Crippen molar-refractivity contribution in [1.29, 1.82) is 0 Å². The Labute approximate surface area is 166 Å². The zero-order valence-electron chi connectivity index (χ0n) is 16.8. The largest absolute Gasteiger partial charge is 0.494 e. The van der Waals surface area contributed by atoms with Crippen molar-refractivity contribution in [2.75, 3.05) is 27.2 Å². The number of likely N-dealkylation sites (N-methyl/N-ethyl adjacent to an activating group) is 1. The van der Waals surface area contributed by atoms with Gasteiger partial charge in [-0.2, -0.15) is 0 Å². The lowest BCUT2D eigenvalue weighted by atomic mass is 10.1. The molecule has 0 aliphatic carbocycles. The van der Waals surface area contributed by atoms with Crippen LogP contribution >= 0.6 is 0 Å². The lowest BCUT2D eigenvalue weighted by Gasteiger charge is -2.11. The first kappa shape index (κ1) is 20.0. The second-order valence-electron chi connectivity index (χ2n) is 7.16. The van der Waals surface area contributed by atoms with Crippen molar-refractivity contribution < 1.29 is 14.3 Å². The Balaban J connectivity index is 1.74. The third-order valence-corrected chi connectivity index (χ3v) is 4.64. The summed E-state index contributed by atoms with van der Waals surface area (Å²) in [4.78, 5) is 18.1. The first-order valence-electron chi connectivity index (χ1n) is 9.77. The summed E-state index contributed by atoms with van der Waals surface area (Å²) in [6, 6.07) is 12.8. The molecular weight excluding hydrogens is 352 g/mol. The number of nitrogens with one attached hydrogen (secondary N) is 1. The van der Waals surface area contributed by atoms with Crippen molar-refractivity contribution >= 4 is 16.9 Å². The van der Waals surface area contributed by atoms with Crippen molar-refractivity contribution in [3.8, 4) is 11.5 Å². The third-order valence-electron chi connectivity index (χ3n) is 4.64. The van der Waals surface area contributed by atoms with Gasteiger partial charge in [-0.3, -0.25) is 0 Å². The standard InChI is InChI=1S/C23H28N2O3/c1-4-5-15-27-19-11-9-17(10-12-19)23(26)28-21-8-6-7-20-22(21)18(16-24-20)13-14-25(2)3/h6-12,16,24H,4-5,13-15H2,1-3H3. The number of esters is 1. The molecule has 0 unspecified atom stereocenters. The van der Waals surface area contributed by atoms with E-state index in [1.165, 1.54) is 0 Å². The molecule has 0 bridgehead atoms. The molecule has 1 aromatic heterocycles. The van der Waals surface area contributed by atoms with E-state index >= 15 is 0 Å². The van der Waals surface area contributed by atoms with Crippen LogP contribution in [0.15, 0.2) is 48.7 Å². The summed E-state index contributed by atoms with van der Waals surface area (Å²) in [7, 11) is 4.09. The van der Waals surface area contributed by atoms with Crippen molar-refractivity contribution in [3.63, 3.8) is 0 Å². The van der Waals surface area contributed by atoms with Gasteiger partial charge < -0.3 is 19.4 Å². The highest BCUT2D eigenvalue weighted by molar-refractivity contribution is 5.96. The minimum Gasteiger partial charge on any atom is -0.494 e. The fraction of sp³-hybridized carbons (Fsp3) is 0.348. The van der Waals surface area contributed by atoms with Crippen LogP contribution in [0.2, 0.25) is 0 Å². The van der Waals surface area contributed by atoms with E-state index in [9.17, 15) is 4.79 Å². The van der Waals surface area contributed by atoms with E-state index < -0.39 is 0 Å². The molecule has 3 rings (SSSR count). The van der Waals surface area contributed by atoms with Crippen molar-refractivity contribution in [2.45, 2.75) is 26.2 Å². The second kappa shape index (κ2) is 9.42. The molecule has 5 heteroatoms. The Kier molecular flexibility index (Phi) is 6.71. The summed E-state index contributed by atoms with van der Waals surface area (Å²) in [6.07, 6.45) is 4.98. The van der Waals surface area contributed by atoms with Gasteiger partial charge in [0.25, 0.3) is 0 Å². The molecule has 3 aromatic rings. The zero-order chi connectivity index (χ0) is 19.9. The van der Waals surface area contributed by atoms with Crippen molar-refractivity contribution in [1.82, 2.24) is 9.88 Å². The topological polar surface area (TPSA) is 54.6 Å². The van der Waals surface area contributed by atoms with Crippen LogP contribution in [0.3, 0.4) is 0 Å². The molecule has 0 atom stereocenters. The quantitative estimate of drug-likeness (QED) is 0.333. The molecule has 2 aromatic carbocycles. The average Bonchev–Trinajstić information content (AvgIpc) is 3.11. The summed E-state index contributed by atoms with van der Waals surface area (Å²) in [5.74, 6) is 0.983. The number of hydrogen-bond donors (Lipinski definition) is 1. The molecule has 0 saturated carbocycles. The number of carbonyl (C=O) groups excluding carboxylic acids is 1. The second-order valence-corrected chi connectivity index (χ2v) is 7.16. The number of carbonyl (C=O) groups is 1. The molecule has 1 N–H and O–H groups in total. The molecule has 0 amide bonds. The molecule has 0 aliphatic heterocycles. The van der Waals surface area contributed by atoms with Gasteiger partial charge in [-0.25, -0.2) is 4.79 Å². The Bertz CT molecular complexity index is 913. The molecule has 0 aliphatic rings. The normalized spacial score (nSPS) is 11.1. The Morgan fingerprint density at radius 3 is 2.61 bits per heavy atom. The summed E-state index contributed by atoms with van der Waals surface area (Å²) in [5, 5.41) is 0.970. The SMILES string of the molecule is CCCCOc1ccc(C(=O)Oc2cccc3[nH]cc(CCN(C)C)c23)cc1. The number of H-pyrrole nitrogens is 1. The third kappa shape index (κ3) is 4.93. The molecule has 0 spiro atoms. The number of ether oxygens (including phenoxy) is 2. The maximum atomic E-state index is 12.6. The van der Waals surface area contributed by atoms with Crippen LogP contribution in [0.1, 0.15) is 35.7 Å². The fourth-order valence-corrected chi connectivity index (χ4v) is 3.03. The Hall–Kier alpha value is -2.79. The van der Waals surface area contributed by atoms with E-state index in [1.54, 1.807) is 12.1 Å². The number of benzene rings is 2. The molecule has 0 fully saturated rings. The van der Waals surface area contributed by atoms with Gasteiger partial charge in [-0.15, -0.1) is 0 Å². The van der Waals surface area contributed by atoms with Crippen LogP contribution < -0.4 is 9.47 Å². The lowest BCUT2D eigenvalue weighted by molar-refractivity contribution is 0.0737. The molecule has 28 heavy (non-hydrogen) atoms. The number of unbranched alkanes of at least 4 members (excludes halogenated alkanes) is 1. The van der Waals surface area contributed by atoms with Crippen LogP contribution in [-0.4, -0.2) is 43.1 Å². The number of hydrogen-bond acceptors (Lipinski definition) is 4. The fourth-order valence-electron chi connectivity index (χ4n) is 3.03. The van der Waals surface area contributed by atoms with Gasteiger partial charge in [0.1, 0.15) is 11.5 Å². The highest BCUT2D eigenvalue weighted by Gasteiger charge is 2.14. The van der Waals surface area contributed by atoms with Crippen LogP contribution in [0.25, 0.3) is 10.9 Å². The van der Waals surface area contributed by atoms with E-state index in [2.05, 4.69) is 16.8 Å². The summed E-state index contributed by atoms with van der Waals surface area (Å²) >= 11 is 0. The maximum absolute atomic E-state index is 12.6. The van der Waals surface area contributed by atoms with Crippen molar-refractivity contribution in [2.24, 2.45) is 0 Å². The number of fused-ring (bicyclic) bond motifs is 1. The van der Waals surface area contributed by atoms with E-state index in [1.807, 2.05) is 50.6 Å². The maximum Gasteiger partial charge on any atom is 0.343 e. The molecule has 5 nitrogen and oxygen atoms in total. The van der Waals surface area contributed by atoms with E-state index in [0.717, 1.165) is 48.0 Å². The Morgan fingerprint density at radius 2 is 1.89 bits per heavy atom. The molecule has 148 valence electrons. The predicted octanol–water partition coefficient (Wildman–Crippen LogP) is 4.67. The Morgan fingerprint density at radius 1 is 1.11 bits per heavy atom. The van der Waals surface area contributed by atoms with Gasteiger partial charge in [0, 0.05) is 23.6 Å². The van der Waals surface area contributed by atoms with Gasteiger partial charge in [-0.1, -0.05) is 19.4 Å². The minimum atomic E-state index is -0.368. The van der Waals surface area contributed by atoms with Crippen molar-refractivity contribution in [3.05, 3.63) is 59.8 Å². The van der Waals surface area contributed by atoms with Gasteiger partial charge in [0.05, 0.1) is 12.2 Å². The average molecular weight is 380 g/mol. The number of aromatic nitrogens is 1. The lowest BCUT2D eigenvalue weighted by Crippen LogP contribution is -2.15. The smallest absolute Gasteiger partial charge is 0.343 e. The molecule has 1 heterocycles. The van der Waals surface area contributed by atoms with Gasteiger partial charge >= 0.3 is 5.97 Å². The number of rotatable bonds is 9.